The highest BCUT2D eigenvalue weighted by molar-refractivity contribution is 6.44. The van der Waals surface area contributed by atoms with E-state index in [1.165, 1.54) is 0 Å². The fraction of sp³-hybridized carbons (Fsp3) is 0.267. The number of halogens is 4. The van der Waals surface area contributed by atoms with Gasteiger partial charge in [-0.15, -0.1) is 0 Å². The molecule has 16 heteroatoms. The second-order valence-corrected chi connectivity index (χ2v) is 17.4. The molecule has 0 radical (unpaired) electrons. The summed E-state index contributed by atoms with van der Waals surface area (Å²) in [5.74, 6) is 0.840. The maximum Gasteiger partial charge on any atom is 0.324 e. The highest BCUT2D eigenvalue weighted by Gasteiger charge is 2.23. The topological polar surface area (TPSA) is 144 Å². The van der Waals surface area contributed by atoms with Crippen LogP contribution >= 0.6 is 46.4 Å². The van der Waals surface area contributed by atoms with Crippen molar-refractivity contribution >= 4 is 87.4 Å². The molecule has 0 aliphatic carbocycles. The van der Waals surface area contributed by atoms with E-state index < -0.39 is 12.1 Å². The number of rotatable bonds is 10. The number of hydrogen-bond acceptors (Lipinski definition) is 6. The summed E-state index contributed by atoms with van der Waals surface area (Å²) in [5, 5.41) is 21.8. The second-order valence-electron chi connectivity index (χ2n) is 15.8. The Hall–Kier alpha value is -5.53. The van der Waals surface area contributed by atoms with Crippen LogP contribution in [0.15, 0.2) is 103 Å². The molecule has 6 rings (SSSR count). The molecule has 12 nitrogen and oxygen atoms in total. The Balaban J connectivity index is 0.000000237. The molecule has 0 unspecified atom stereocenters. The van der Waals surface area contributed by atoms with Gasteiger partial charge >= 0.3 is 18.0 Å². The van der Waals surface area contributed by atoms with Crippen molar-refractivity contribution in [1.29, 1.82) is 0 Å². The van der Waals surface area contributed by atoms with E-state index in [4.69, 9.17) is 56.2 Å². The number of nitrogens with one attached hydrogen (secondary N) is 4. The van der Waals surface area contributed by atoms with Crippen molar-refractivity contribution in [3.63, 3.8) is 0 Å². The minimum atomic E-state index is -0.475. The Morgan fingerprint density at radius 1 is 0.590 bits per heavy atom. The SMILES string of the molecule is CC(C)(C)c1cc(NC(=O)Nc2cccc(Cl)c2Cl)n(-c2ccccc2)n1.CCOC(=O)CCc1ccc(-n2nc(C(C)(C)C)cc2NC(=O)Nc2cccc(Cl)c2Cl)cc1. The first-order chi connectivity index (χ1) is 28.8. The molecule has 6 aromatic rings. The minimum absolute atomic E-state index is 0.163. The fourth-order valence-corrected chi connectivity index (χ4v) is 6.36. The lowest BCUT2D eigenvalue weighted by molar-refractivity contribution is -0.143. The first-order valence-electron chi connectivity index (χ1n) is 19.4. The molecule has 61 heavy (non-hydrogen) atoms. The van der Waals surface area contributed by atoms with E-state index in [9.17, 15) is 14.4 Å². The first-order valence-corrected chi connectivity index (χ1v) is 20.9. The van der Waals surface area contributed by atoms with Crippen molar-refractivity contribution in [1.82, 2.24) is 19.6 Å². The minimum Gasteiger partial charge on any atom is -0.466 e. The zero-order valence-corrected chi connectivity index (χ0v) is 37.9. The standard InChI is InChI=1S/C25H28Cl2N4O3.C20H20Cl2N4O/c1-5-34-22(32)14-11-16-9-12-17(13-10-16)31-21(15-20(30-31)25(2,3)4)29-24(33)28-19-8-6-7-18(26)23(19)27;1-20(2,3)16-12-17(26(25-16)13-8-5-4-6-9-13)24-19(27)23-15-11-7-10-14(21)18(15)22/h6-10,12-13,15H,5,11,14H2,1-4H3,(H2,28,29,33);4-12H,1-3H3,(H2,23,24,27). The third-order valence-corrected chi connectivity index (χ3v) is 10.6. The van der Waals surface area contributed by atoms with Gasteiger partial charge in [0, 0.05) is 29.4 Å². The first kappa shape index (κ1) is 46.5. The van der Waals surface area contributed by atoms with Crippen molar-refractivity contribution in [2.45, 2.75) is 72.1 Å². The van der Waals surface area contributed by atoms with E-state index in [0.717, 1.165) is 28.3 Å². The number of ether oxygens (including phenoxy) is 1. The summed E-state index contributed by atoms with van der Waals surface area (Å²) in [6.45, 7) is 14.5. The maximum atomic E-state index is 12.7. The van der Waals surface area contributed by atoms with Gasteiger partial charge in [0.05, 0.1) is 60.8 Å². The highest BCUT2D eigenvalue weighted by Crippen LogP contribution is 2.32. The highest BCUT2D eigenvalue weighted by atomic mass is 35.5. The third kappa shape index (κ3) is 12.7. The van der Waals surface area contributed by atoms with Crippen LogP contribution in [0.25, 0.3) is 11.4 Å². The fourth-order valence-electron chi connectivity index (χ4n) is 5.66. The third-order valence-electron chi connectivity index (χ3n) is 8.94. The van der Waals surface area contributed by atoms with Gasteiger partial charge in [-0.2, -0.15) is 10.2 Å². The van der Waals surface area contributed by atoms with E-state index in [1.807, 2.05) is 87.5 Å². The van der Waals surface area contributed by atoms with Gasteiger partial charge in [0.1, 0.15) is 11.6 Å². The van der Waals surface area contributed by atoms with E-state index in [1.54, 1.807) is 52.7 Å². The summed E-state index contributed by atoms with van der Waals surface area (Å²) in [7, 11) is 0. The molecular weight excluding hydrogens is 858 g/mol. The van der Waals surface area contributed by atoms with Gasteiger partial charge in [-0.1, -0.05) is 130 Å². The van der Waals surface area contributed by atoms with Crippen molar-refractivity contribution in [3.8, 4) is 11.4 Å². The van der Waals surface area contributed by atoms with Gasteiger partial charge < -0.3 is 15.4 Å². The number of benzene rings is 4. The summed E-state index contributed by atoms with van der Waals surface area (Å²) in [4.78, 5) is 36.9. The van der Waals surface area contributed by atoms with Crippen molar-refractivity contribution in [2.24, 2.45) is 0 Å². The summed E-state index contributed by atoms with van der Waals surface area (Å²) in [6, 6.07) is 30.2. The number of carbonyl (C=O) groups excluding carboxylic acids is 3. The summed E-state index contributed by atoms with van der Waals surface area (Å²) in [6.07, 6.45) is 0.904. The lowest BCUT2D eigenvalue weighted by Crippen LogP contribution is -2.21. The molecule has 2 aromatic heterocycles. The van der Waals surface area contributed by atoms with Gasteiger partial charge in [-0.05, 0) is 67.4 Å². The number of esters is 1. The van der Waals surface area contributed by atoms with Crippen molar-refractivity contribution in [3.05, 3.63) is 140 Å². The number of amides is 4. The Bertz CT molecular complexity index is 2470. The zero-order valence-electron chi connectivity index (χ0n) is 34.9. The number of aromatic nitrogens is 4. The lowest BCUT2D eigenvalue weighted by atomic mass is 9.92. The Morgan fingerprint density at radius 2 is 1.03 bits per heavy atom. The van der Waals surface area contributed by atoms with Crippen LogP contribution in [0.4, 0.5) is 32.6 Å². The molecule has 4 amide bonds. The molecular formula is C45H48Cl4N8O4. The largest absolute Gasteiger partial charge is 0.466 e. The summed E-state index contributed by atoms with van der Waals surface area (Å²) < 4.78 is 8.37. The average molecular weight is 907 g/mol. The molecule has 320 valence electrons. The van der Waals surface area contributed by atoms with Crippen LogP contribution in [0, 0.1) is 0 Å². The Labute approximate surface area is 375 Å². The number of anilines is 4. The predicted molar refractivity (Wildman–Crippen MR) is 248 cm³/mol. The Morgan fingerprint density at radius 3 is 1.46 bits per heavy atom. The number of aryl methyl sites for hydroxylation is 1. The Kier molecular flexibility index (Phi) is 15.5. The van der Waals surface area contributed by atoms with Crippen LogP contribution in [0.2, 0.25) is 20.1 Å². The number of carbonyl (C=O) groups is 3. The maximum absolute atomic E-state index is 12.7. The molecule has 0 aliphatic heterocycles. The molecule has 0 atom stereocenters. The number of nitrogens with zero attached hydrogens (tertiary/aromatic N) is 4. The normalized spacial score (nSPS) is 11.3. The summed E-state index contributed by atoms with van der Waals surface area (Å²) in [5.41, 5.74) is 4.75. The quantitative estimate of drug-likeness (QED) is 0.101. The van der Waals surface area contributed by atoms with E-state index in [0.29, 0.717) is 57.5 Å². The van der Waals surface area contributed by atoms with E-state index in [-0.39, 0.29) is 21.8 Å². The molecule has 0 fully saturated rings. The van der Waals surface area contributed by atoms with E-state index in [2.05, 4.69) is 47.1 Å². The molecule has 0 spiro atoms. The van der Waals surface area contributed by atoms with Crippen molar-refractivity contribution < 1.29 is 19.1 Å². The molecule has 0 saturated carbocycles. The molecule has 0 saturated heterocycles. The number of hydrogen-bond donors (Lipinski definition) is 4. The van der Waals surface area contributed by atoms with Crippen molar-refractivity contribution in [2.75, 3.05) is 27.9 Å². The smallest absolute Gasteiger partial charge is 0.324 e. The molecule has 4 N–H and O–H groups in total. The van der Waals surface area contributed by atoms with Gasteiger partial charge in [-0.25, -0.2) is 19.0 Å². The van der Waals surface area contributed by atoms with Crippen LogP contribution in [0.1, 0.15) is 71.8 Å². The molecule has 0 aliphatic rings. The zero-order chi connectivity index (χ0) is 44.5. The van der Waals surface area contributed by atoms with Gasteiger partial charge in [0.25, 0.3) is 0 Å². The van der Waals surface area contributed by atoms with Crippen LogP contribution in [0.5, 0.6) is 0 Å². The number of urea groups is 2. The van der Waals surface area contributed by atoms with Crippen LogP contribution in [-0.4, -0.2) is 44.2 Å². The van der Waals surface area contributed by atoms with Gasteiger partial charge in [-0.3, -0.25) is 15.4 Å². The lowest BCUT2D eigenvalue weighted by Gasteiger charge is -2.14. The van der Waals surface area contributed by atoms with Gasteiger partial charge in [0.15, 0.2) is 0 Å². The predicted octanol–water partition coefficient (Wildman–Crippen LogP) is 12.7. The number of para-hydroxylation sites is 1. The van der Waals surface area contributed by atoms with Crippen LogP contribution in [-0.2, 0) is 26.8 Å². The van der Waals surface area contributed by atoms with Crippen LogP contribution < -0.4 is 21.3 Å². The molecule has 4 aromatic carbocycles. The van der Waals surface area contributed by atoms with Gasteiger partial charge in [0.2, 0.25) is 0 Å². The van der Waals surface area contributed by atoms with Crippen LogP contribution in [0.3, 0.4) is 0 Å². The molecule has 2 heterocycles. The molecule has 0 bridgehead atoms. The monoisotopic (exact) mass is 904 g/mol. The second kappa shape index (κ2) is 20.4. The van der Waals surface area contributed by atoms with E-state index >= 15 is 0 Å². The average Bonchev–Trinajstić information content (AvgIpc) is 3.84. The summed E-state index contributed by atoms with van der Waals surface area (Å²) >= 11 is 24.4.